The SMILES string of the molecule is O=C1c2ccc3c(oc4ccccc43)c2-c2c1ccc1oc3ccccc3c21. The number of ketones is 1. The average molecular weight is 360 g/mol. The quantitative estimate of drug-likeness (QED) is 0.302. The van der Waals surface area contributed by atoms with Crippen molar-refractivity contribution in [3.63, 3.8) is 0 Å². The maximum atomic E-state index is 13.2. The third kappa shape index (κ3) is 1.54. The van der Waals surface area contributed by atoms with E-state index in [2.05, 4.69) is 6.07 Å². The van der Waals surface area contributed by atoms with Gasteiger partial charge in [-0.25, -0.2) is 0 Å². The van der Waals surface area contributed by atoms with Crippen LogP contribution >= 0.6 is 0 Å². The van der Waals surface area contributed by atoms with Crippen molar-refractivity contribution in [2.24, 2.45) is 0 Å². The molecule has 28 heavy (non-hydrogen) atoms. The highest BCUT2D eigenvalue weighted by Gasteiger charge is 2.33. The maximum Gasteiger partial charge on any atom is 0.194 e. The number of carbonyl (C=O) groups is 1. The number of fused-ring (bicyclic) bond motifs is 11. The lowest BCUT2D eigenvalue weighted by Gasteiger charge is -2.03. The normalized spacial score (nSPS) is 13.1. The topological polar surface area (TPSA) is 43.4 Å². The standard InChI is InChI=1S/C25H12O3/c26-24-16-11-12-20-21(15-6-2-4-8-19(15)27-20)22(16)23-17(24)10-9-14-13-5-1-3-7-18(13)28-25(14)23/h1-12H. The lowest BCUT2D eigenvalue weighted by molar-refractivity contribution is 0.104. The summed E-state index contributed by atoms with van der Waals surface area (Å²) in [5.41, 5.74) is 6.41. The lowest BCUT2D eigenvalue weighted by Crippen LogP contribution is -1.94. The van der Waals surface area contributed by atoms with Crippen LogP contribution in [0.15, 0.2) is 81.6 Å². The van der Waals surface area contributed by atoms with E-state index in [1.165, 1.54) is 0 Å². The van der Waals surface area contributed by atoms with Crippen molar-refractivity contribution >= 4 is 49.7 Å². The number of hydrogen-bond acceptors (Lipinski definition) is 3. The molecule has 6 aromatic rings. The van der Waals surface area contributed by atoms with Gasteiger partial charge in [0.15, 0.2) is 5.78 Å². The first kappa shape index (κ1) is 14.2. The summed E-state index contributed by atoms with van der Waals surface area (Å²) in [6.07, 6.45) is 0. The number of hydrogen-bond donors (Lipinski definition) is 0. The molecule has 1 aliphatic rings. The van der Waals surface area contributed by atoms with Gasteiger partial charge in [-0.2, -0.15) is 0 Å². The molecule has 130 valence electrons. The van der Waals surface area contributed by atoms with E-state index in [-0.39, 0.29) is 5.78 Å². The van der Waals surface area contributed by atoms with Gasteiger partial charge in [0.05, 0.1) is 0 Å². The summed E-state index contributed by atoms with van der Waals surface area (Å²) in [5.74, 6) is 0.0412. The van der Waals surface area contributed by atoms with Crippen LogP contribution in [0.3, 0.4) is 0 Å². The molecule has 0 unspecified atom stereocenters. The van der Waals surface area contributed by atoms with Gasteiger partial charge in [-0.1, -0.05) is 36.4 Å². The molecule has 7 rings (SSSR count). The van der Waals surface area contributed by atoms with E-state index in [1.54, 1.807) is 0 Å². The summed E-state index contributed by atoms with van der Waals surface area (Å²) < 4.78 is 12.3. The summed E-state index contributed by atoms with van der Waals surface area (Å²) in [5, 5.41) is 4.08. The summed E-state index contributed by atoms with van der Waals surface area (Å²) in [7, 11) is 0. The minimum Gasteiger partial charge on any atom is -0.456 e. The van der Waals surface area contributed by atoms with Gasteiger partial charge in [-0.05, 0) is 36.4 Å². The Labute approximate surface area is 158 Å². The summed E-state index contributed by atoms with van der Waals surface area (Å²) in [6, 6.07) is 23.6. The Hall–Kier alpha value is -3.85. The van der Waals surface area contributed by atoms with Crippen molar-refractivity contribution in [1.82, 2.24) is 0 Å². The van der Waals surface area contributed by atoms with Gasteiger partial charge in [0.25, 0.3) is 0 Å². The number of para-hydroxylation sites is 2. The van der Waals surface area contributed by atoms with E-state index in [1.807, 2.05) is 66.7 Å². The molecular weight excluding hydrogens is 348 g/mol. The van der Waals surface area contributed by atoms with Gasteiger partial charge in [0, 0.05) is 43.8 Å². The second-order valence-corrected chi connectivity index (χ2v) is 7.25. The van der Waals surface area contributed by atoms with Gasteiger partial charge in [-0.15, -0.1) is 0 Å². The Morgan fingerprint density at radius 3 is 2.07 bits per heavy atom. The van der Waals surface area contributed by atoms with E-state index in [0.29, 0.717) is 11.1 Å². The zero-order chi connectivity index (χ0) is 18.4. The van der Waals surface area contributed by atoms with Crippen LogP contribution in [0.2, 0.25) is 0 Å². The van der Waals surface area contributed by atoms with Gasteiger partial charge in [0.1, 0.15) is 22.3 Å². The van der Waals surface area contributed by atoms with Crippen molar-refractivity contribution in [2.75, 3.05) is 0 Å². The third-order valence-corrected chi connectivity index (χ3v) is 5.83. The molecule has 1 aliphatic carbocycles. The summed E-state index contributed by atoms with van der Waals surface area (Å²) in [4.78, 5) is 13.2. The maximum absolute atomic E-state index is 13.2. The second-order valence-electron chi connectivity index (χ2n) is 7.25. The van der Waals surface area contributed by atoms with Gasteiger partial charge < -0.3 is 8.83 Å². The fourth-order valence-electron chi connectivity index (χ4n) is 4.64. The second kappa shape index (κ2) is 4.70. The molecule has 0 saturated carbocycles. The van der Waals surface area contributed by atoms with E-state index >= 15 is 0 Å². The zero-order valence-corrected chi connectivity index (χ0v) is 14.7. The molecule has 0 atom stereocenters. The predicted molar refractivity (Wildman–Crippen MR) is 110 cm³/mol. The third-order valence-electron chi connectivity index (χ3n) is 5.83. The van der Waals surface area contributed by atoms with Crippen molar-refractivity contribution in [3.8, 4) is 11.1 Å². The fourth-order valence-corrected chi connectivity index (χ4v) is 4.64. The van der Waals surface area contributed by atoms with Crippen LogP contribution in [0.1, 0.15) is 15.9 Å². The minimum absolute atomic E-state index is 0.0412. The van der Waals surface area contributed by atoms with Crippen LogP contribution in [-0.2, 0) is 0 Å². The monoisotopic (exact) mass is 360 g/mol. The van der Waals surface area contributed by atoms with Crippen molar-refractivity contribution < 1.29 is 13.6 Å². The van der Waals surface area contributed by atoms with E-state index in [9.17, 15) is 4.79 Å². The van der Waals surface area contributed by atoms with Crippen LogP contribution in [0.4, 0.5) is 0 Å². The molecule has 0 radical (unpaired) electrons. The van der Waals surface area contributed by atoms with Gasteiger partial charge in [-0.3, -0.25) is 4.79 Å². The molecule has 2 heterocycles. The lowest BCUT2D eigenvalue weighted by atomic mass is 9.97. The van der Waals surface area contributed by atoms with Crippen molar-refractivity contribution in [1.29, 1.82) is 0 Å². The highest BCUT2D eigenvalue weighted by molar-refractivity contribution is 6.32. The predicted octanol–water partition coefficient (Wildman–Crippen LogP) is 6.70. The van der Waals surface area contributed by atoms with Crippen LogP contribution < -0.4 is 0 Å². The number of rotatable bonds is 0. The highest BCUT2D eigenvalue weighted by atomic mass is 16.3. The Bertz CT molecular complexity index is 1630. The molecule has 0 amide bonds. The molecule has 0 N–H and O–H groups in total. The van der Waals surface area contributed by atoms with Crippen LogP contribution in [0.5, 0.6) is 0 Å². The summed E-state index contributed by atoms with van der Waals surface area (Å²) in [6.45, 7) is 0. The Balaban J connectivity index is 1.75. The molecular formula is C25H12O3. The zero-order valence-electron chi connectivity index (χ0n) is 14.7. The Morgan fingerprint density at radius 2 is 1.21 bits per heavy atom. The first-order valence-electron chi connectivity index (χ1n) is 9.25. The average Bonchev–Trinajstić information content (AvgIpc) is 3.37. The van der Waals surface area contributed by atoms with Crippen molar-refractivity contribution in [3.05, 3.63) is 83.9 Å². The van der Waals surface area contributed by atoms with Gasteiger partial charge in [0.2, 0.25) is 0 Å². The van der Waals surface area contributed by atoms with E-state index in [4.69, 9.17) is 8.83 Å². The molecule has 2 aromatic heterocycles. The van der Waals surface area contributed by atoms with E-state index in [0.717, 1.165) is 55.0 Å². The number of carbonyl (C=O) groups excluding carboxylic acids is 1. The summed E-state index contributed by atoms with van der Waals surface area (Å²) >= 11 is 0. The highest BCUT2D eigenvalue weighted by Crippen LogP contribution is 2.49. The number of furan rings is 2. The molecule has 3 nitrogen and oxygen atoms in total. The van der Waals surface area contributed by atoms with Crippen molar-refractivity contribution in [2.45, 2.75) is 0 Å². The van der Waals surface area contributed by atoms with Crippen LogP contribution in [0, 0.1) is 0 Å². The largest absolute Gasteiger partial charge is 0.456 e. The molecule has 0 saturated heterocycles. The van der Waals surface area contributed by atoms with Crippen LogP contribution in [0.25, 0.3) is 55.0 Å². The van der Waals surface area contributed by atoms with E-state index < -0.39 is 0 Å². The Morgan fingerprint density at radius 1 is 0.536 bits per heavy atom. The first-order chi connectivity index (χ1) is 13.8. The molecule has 4 aromatic carbocycles. The minimum atomic E-state index is 0.0412. The molecule has 0 fully saturated rings. The first-order valence-corrected chi connectivity index (χ1v) is 9.25. The smallest absolute Gasteiger partial charge is 0.194 e. The fraction of sp³-hybridized carbons (Fsp3) is 0. The Kier molecular flexibility index (Phi) is 2.39. The van der Waals surface area contributed by atoms with Crippen LogP contribution in [-0.4, -0.2) is 5.78 Å². The molecule has 3 heteroatoms. The molecule has 0 aliphatic heterocycles. The van der Waals surface area contributed by atoms with Gasteiger partial charge >= 0.3 is 0 Å². The molecule has 0 spiro atoms. The molecule has 0 bridgehead atoms. The number of benzene rings is 4.